The predicted octanol–water partition coefficient (Wildman–Crippen LogP) is 24.2. The van der Waals surface area contributed by atoms with Crippen LogP contribution in [-0.4, -0.2) is 37.2 Å². The van der Waals surface area contributed by atoms with Gasteiger partial charge in [0.2, 0.25) is 0 Å². The zero-order valence-corrected chi connectivity index (χ0v) is 54.0. The molecule has 0 saturated carbocycles. The molecule has 0 saturated heterocycles. The maximum atomic E-state index is 12.9. The smallest absolute Gasteiger partial charge is 0.306 e. The van der Waals surface area contributed by atoms with Gasteiger partial charge >= 0.3 is 17.9 Å². The van der Waals surface area contributed by atoms with Gasteiger partial charge in [-0.1, -0.05) is 316 Å². The highest BCUT2D eigenvalue weighted by Gasteiger charge is 2.19. The van der Waals surface area contributed by atoms with Crippen molar-refractivity contribution < 1.29 is 28.6 Å². The average molecular weight is 1140 g/mol. The third kappa shape index (κ3) is 66.9. The first-order chi connectivity index (χ1) is 40.5. The Balaban J connectivity index is 4.26. The summed E-state index contributed by atoms with van der Waals surface area (Å²) in [5.41, 5.74) is 0. The highest BCUT2D eigenvalue weighted by Crippen LogP contribution is 2.17. The van der Waals surface area contributed by atoms with Crippen molar-refractivity contribution in [3.8, 4) is 0 Å². The maximum Gasteiger partial charge on any atom is 0.306 e. The Kier molecular flexibility index (Phi) is 66.2. The molecule has 0 radical (unpaired) electrons. The number of unbranched alkanes of at least 4 members (excludes halogenated alkanes) is 34. The lowest BCUT2D eigenvalue weighted by molar-refractivity contribution is -0.167. The Labute approximate surface area is 508 Å². The van der Waals surface area contributed by atoms with Crippen LogP contribution in [0.3, 0.4) is 0 Å². The van der Waals surface area contributed by atoms with Crippen molar-refractivity contribution in [1.29, 1.82) is 0 Å². The number of carbonyl (C=O) groups is 3. The van der Waals surface area contributed by atoms with E-state index in [-0.39, 0.29) is 31.1 Å². The summed E-state index contributed by atoms with van der Waals surface area (Å²) in [6, 6.07) is 0. The molecule has 0 aromatic carbocycles. The lowest BCUT2D eigenvalue weighted by Gasteiger charge is -2.18. The molecule has 0 bridgehead atoms. The molecule has 1 atom stereocenters. The van der Waals surface area contributed by atoms with Gasteiger partial charge in [0, 0.05) is 19.3 Å². The molecule has 0 rings (SSSR count). The summed E-state index contributed by atoms with van der Waals surface area (Å²) in [5, 5.41) is 0. The third-order valence-corrected chi connectivity index (χ3v) is 15.0. The molecular weight excluding hydrogens is 1010 g/mol. The van der Waals surface area contributed by atoms with Crippen LogP contribution in [-0.2, 0) is 28.6 Å². The van der Waals surface area contributed by atoms with Gasteiger partial charge in [-0.15, -0.1) is 0 Å². The van der Waals surface area contributed by atoms with Crippen molar-refractivity contribution >= 4 is 17.9 Å². The van der Waals surface area contributed by atoms with E-state index in [4.69, 9.17) is 14.2 Å². The molecule has 82 heavy (non-hydrogen) atoms. The van der Waals surface area contributed by atoms with E-state index in [1.807, 2.05) is 0 Å². The Morgan fingerprint density at radius 1 is 0.256 bits per heavy atom. The molecule has 6 heteroatoms. The van der Waals surface area contributed by atoms with Gasteiger partial charge in [-0.25, -0.2) is 0 Å². The van der Waals surface area contributed by atoms with E-state index in [0.29, 0.717) is 19.3 Å². The fraction of sp³-hybridized carbons (Fsp3) is 0.724. The molecule has 0 spiro atoms. The van der Waals surface area contributed by atoms with Crippen molar-refractivity contribution in [3.63, 3.8) is 0 Å². The van der Waals surface area contributed by atoms with E-state index in [0.717, 1.165) is 128 Å². The number of ether oxygens (including phenoxy) is 3. The normalized spacial score (nSPS) is 12.8. The second kappa shape index (κ2) is 69.6. The lowest BCUT2D eigenvalue weighted by Crippen LogP contribution is -2.30. The molecule has 0 heterocycles. The highest BCUT2D eigenvalue weighted by molar-refractivity contribution is 5.71. The van der Waals surface area contributed by atoms with Gasteiger partial charge in [-0.05, 0) is 109 Å². The average Bonchev–Trinajstić information content (AvgIpc) is 3.48. The van der Waals surface area contributed by atoms with E-state index >= 15 is 0 Å². The summed E-state index contributed by atoms with van der Waals surface area (Å²) >= 11 is 0. The first-order valence-corrected chi connectivity index (χ1v) is 34.9. The van der Waals surface area contributed by atoms with Crippen LogP contribution >= 0.6 is 0 Å². The van der Waals surface area contributed by atoms with Gasteiger partial charge in [0.25, 0.3) is 0 Å². The van der Waals surface area contributed by atoms with Gasteiger partial charge < -0.3 is 14.2 Å². The van der Waals surface area contributed by atoms with Crippen LogP contribution in [0, 0.1) is 0 Å². The minimum Gasteiger partial charge on any atom is -0.462 e. The molecule has 0 aliphatic rings. The quantitative estimate of drug-likeness (QED) is 0.0261. The van der Waals surface area contributed by atoms with E-state index in [1.165, 1.54) is 167 Å². The van der Waals surface area contributed by atoms with Gasteiger partial charge in [-0.3, -0.25) is 14.4 Å². The van der Waals surface area contributed by atoms with Gasteiger partial charge in [0.1, 0.15) is 13.2 Å². The fourth-order valence-corrected chi connectivity index (χ4v) is 9.81. The van der Waals surface area contributed by atoms with E-state index in [1.54, 1.807) is 0 Å². The third-order valence-electron chi connectivity index (χ3n) is 15.0. The number of carbonyl (C=O) groups excluding carboxylic acids is 3. The standard InChI is InChI=1S/C76H130O6/c1-4-7-10-13-16-19-22-24-26-28-30-32-34-36-38-40-42-44-46-48-50-52-54-57-60-63-66-69-75(78)81-72-73(71-80-74(77)68-65-62-59-56-21-18-15-12-9-6-3)82-76(79)70-67-64-61-58-55-53-51-49-47-45-43-41-39-37-35-33-31-29-27-25-23-20-17-14-11-8-5-2/h7,10,16,19,23-26,29-32,36,38,42,44,48,50,73H,4-6,8-9,11-15,17-18,20-22,27-28,33-35,37,39-41,43,45-47,49,51-72H2,1-3H3/b10-7-,19-16-,25-23-,26-24-,31-29-,32-30-,38-36-,44-42-,50-48-. The molecule has 0 aliphatic heterocycles. The number of hydrogen-bond acceptors (Lipinski definition) is 6. The first-order valence-electron chi connectivity index (χ1n) is 34.9. The molecule has 6 nitrogen and oxygen atoms in total. The maximum absolute atomic E-state index is 12.9. The summed E-state index contributed by atoms with van der Waals surface area (Å²) in [7, 11) is 0. The monoisotopic (exact) mass is 1140 g/mol. The zero-order chi connectivity index (χ0) is 59.2. The topological polar surface area (TPSA) is 78.9 Å². The van der Waals surface area contributed by atoms with Gasteiger partial charge in [0.15, 0.2) is 6.10 Å². The van der Waals surface area contributed by atoms with Gasteiger partial charge in [-0.2, -0.15) is 0 Å². The molecule has 0 aromatic heterocycles. The molecule has 470 valence electrons. The molecule has 0 N–H and O–H groups in total. The van der Waals surface area contributed by atoms with Crippen LogP contribution in [0.1, 0.15) is 335 Å². The summed E-state index contributed by atoms with van der Waals surface area (Å²) in [6.45, 7) is 6.52. The summed E-state index contributed by atoms with van der Waals surface area (Å²) in [4.78, 5) is 38.3. The minimum absolute atomic E-state index is 0.0819. The Morgan fingerprint density at radius 3 is 0.744 bits per heavy atom. The Morgan fingerprint density at radius 2 is 0.476 bits per heavy atom. The van der Waals surface area contributed by atoms with E-state index in [2.05, 4.69) is 130 Å². The Hall–Kier alpha value is -3.93. The molecule has 0 aliphatic carbocycles. The van der Waals surface area contributed by atoms with Crippen molar-refractivity contribution in [2.24, 2.45) is 0 Å². The van der Waals surface area contributed by atoms with Crippen LogP contribution in [0.2, 0.25) is 0 Å². The van der Waals surface area contributed by atoms with Crippen LogP contribution in [0.5, 0.6) is 0 Å². The van der Waals surface area contributed by atoms with Gasteiger partial charge in [0.05, 0.1) is 0 Å². The summed E-state index contributed by atoms with van der Waals surface area (Å²) in [6.07, 6.45) is 95.4. The van der Waals surface area contributed by atoms with Crippen LogP contribution < -0.4 is 0 Å². The molecule has 0 amide bonds. The lowest BCUT2D eigenvalue weighted by atomic mass is 10.0. The van der Waals surface area contributed by atoms with Crippen molar-refractivity contribution in [2.75, 3.05) is 13.2 Å². The first kappa shape index (κ1) is 78.1. The van der Waals surface area contributed by atoms with Crippen molar-refractivity contribution in [3.05, 3.63) is 109 Å². The minimum atomic E-state index is -0.787. The SMILES string of the molecule is CC/C=C\C/C=C\C/C=C\C/C=C\C/C=C\C/C=C\C/C=C\CCCCCCCC(=O)OCC(COC(=O)CCCCCCCCCCCC)OC(=O)CCCCCCCCCCCCCCCCC/C=C\C/C=C\CCCCCCC. The predicted molar refractivity (Wildman–Crippen MR) is 357 cm³/mol. The largest absolute Gasteiger partial charge is 0.462 e. The number of allylic oxidation sites excluding steroid dienone is 18. The van der Waals surface area contributed by atoms with E-state index in [9.17, 15) is 14.4 Å². The fourth-order valence-electron chi connectivity index (χ4n) is 9.81. The highest BCUT2D eigenvalue weighted by atomic mass is 16.6. The summed E-state index contributed by atoms with van der Waals surface area (Å²) in [5.74, 6) is -0.892. The van der Waals surface area contributed by atoms with Crippen molar-refractivity contribution in [2.45, 2.75) is 341 Å². The van der Waals surface area contributed by atoms with Crippen molar-refractivity contribution in [1.82, 2.24) is 0 Å². The molecular formula is C76H130O6. The molecule has 0 fully saturated rings. The van der Waals surface area contributed by atoms with Crippen LogP contribution in [0.15, 0.2) is 109 Å². The second-order valence-electron chi connectivity index (χ2n) is 23.1. The molecule has 1 unspecified atom stereocenters. The second-order valence-corrected chi connectivity index (χ2v) is 23.1. The van der Waals surface area contributed by atoms with E-state index < -0.39 is 6.10 Å². The Bertz CT molecular complexity index is 1640. The van der Waals surface area contributed by atoms with Crippen LogP contribution in [0.4, 0.5) is 0 Å². The molecule has 0 aromatic rings. The zero-order valence-electron chi connectivity index (χ0n) is 54.0. The number of hydrogen-bond donors (Lipinski definition) is 0. The number of rotatable bonds is 63. The van der Waals surface area contributed by atoms with Crippen LogP contribution in [0.25, 0.3) is 0 Å². The number of esters is 3. The summed E-state index contributed by atoms with van der Waals surface area (Å²) < 4.78 is 16.9.